The van der Waals surface area contributed by atoms with E-state index in [2.05, 4.69) is 23.1 Å². The summed E-state index contributed by atoms with van der Waals surface area (Å²) in [6.45, 7) is 4.94. The number of piperidine rings is 1. The monoisotopic (exact) mass is 487 g/mol. The van der Waals surface area contributed by atoms with Gasteiger partial charge in [-0.15, -0.1) is 0 Å². The molecule has 1 N–H and O–H groups in total. The first-order chi connectivity index (χ1) is 17.7. The van der Waals surface area contributed by atoms with E-state index in [-0.39, 0.29) is 24.1 Å². The first-order valence-corrected chi connectivity index (χ1v) is 13.2. The fourth-order valence-corrected chi connectivity index (χ4v) is 5.86. The lowest BCUT2D eigenvalue weighted by Crippen LogP contribution is -2.33. The largest absolute Gasteiger partial charge is 0.507 e. The molecule has 2 fully saturated rings. The Bertz CT molecular complexity index is 1300. The molecule has 0 saturated carbocycles. The fraction of sp³-hybridized carbons (Fsp3) is 0.433. The van der Waals surface area contributed by atoms with Crippen LogP contribution in [0.5, 0.6) is 17.2 Å². The van der Waals surface area contributed by atoms with E-state index in [0.29, 0.717) is 31.5 Å². The minimum absolute atomic E-state index is 0.0290. The highest BCUT2D eigenvalue weighted by molar-refractivity contribution is 5.97. The number of carbonyl (C=O) groups is 1. The average molecular weight is 488 g/mol. The number of ether oxygens (including phenoxy) is 3. The molecule has 2 aromatic rings. The Morgan fingerprint density at radius 3 is 2.78 bits per heavy atom. The first-order valence-electron chi connectivity index (χ1n) is 13.2. The van der Waals surface area contributed by atoms with Gasteiger partial charge in [0.05, 0.1) is 19.3 Å². The van der Waals surface area contributed by atoms with Crippen molar-refractivity contribution in [3.63, 3.8) is 0 Å². The van der Waals surface area contributed by atoms with Gasteiger partial charge in [-0.25, -0.2) is 0 Å². The average Bonchev–Trinajstić information content (AvgIpc) is 3.05. The number of carbonyl (C=O) groups excluding carboxylic acids is 1. The quantitative estimate of drug-likeness (QED) is 0.699. The van der Waals surface area contributed by atoms with Crippen LogP contribution >= 0.6 is 0 Å². The maximum Gasteiger partial charge on any atom is 0.160 e. The van der Waals surface area contributed by atoms with Crippen molar-refractivity contribution in [1.82, 2.24) is 4.90 Å². The normalized spacial score (nSPS) is 21.8. The second-order valence-corrected chi connectivity index (χ2v) is 10.1. The lowest BCUT2D eigenvalue weighted by Gasteiger charge is -2.28. The summed E-state index contributed by atoms with van der Waals surface area (Å²) < 4.78 is 18.2. The highest BCUT2D eigenvalue weighted by Gasteiger charge is 2.29. The van der Waals surface area contributed by atoms with Gasteiger partial charge >= 0.3 is 0 Å². The minimum Gasteiger partial charge on any atom is -0.507 e. The number of ketones is 1. The number of rotatable bonds is 5. The molecule has 0 aromatic heterocycles. The summed E-state index contributed by atoms with van der Waals surface area (Å²) in [5.41, 5.74) is 3.66. The zero-order valence-corrected chi connectivity index (χ0v) is 20.6. The lowest BCUT2D eigenvalue weighted by atomic mass is 9.91. The van der Waals surface area contributed by atoms with E-state index in [0.717, 1.165) is 52.0 Å². The molecule has 0 bridgehead atoms. The van der Waals surface area contributed by atoms with Crippen molar-refractivity contribution in [2.45, 2.75) is 44.6 Å². The molecule has 1 atom stereocenters. The van der Waals surface area contributed by atoms with Crippen molar-refractivity contribution in [2.75, 3.05) is 39.5 Å². The third kappa shape index (κ3) is 4.67. The van der Waals surface area contributed by atoms with E-state index < -0.39 is 0 Å². The number of hydrogen-bond acceptors (Lipinski definition) is 6. The molecule has 0 amide bonds. The Balaban J connectivity index is 1.20. The molecule has 0 unspecified atom stereocenters. The molecule has 6 rings (SSSR count). The second-order valence-electron chi connectivity index (χ2n) is 10.1. The number of aromatic hydroxyl groups is 1. The van der Waals surface area contributed by atoms with Gasteiger partial charge in [0.15, 0.2) is 5.78 Å². The van der Waals surface area contributed by atoms with Crippen molar-refractivity contribution >= 4 is 17.4 Å². The van der Waals surface area contributed by atoms with E-state index in [1.807, 2.05) is 12.1 Å². The molecular weight excluding hydrogens is 454 g/mol. The number of phenolic OH excluding ortho intramolecular Hbond substituents is 1. The van der Waals surface area contributed by atoms with Gasteiger partial charge in [-0.2, -0.15) is 0 Å². The van der Waals surface area contributed by atoms with Crippen molar-refractivity contribution in [3.8, 4) is 17.2 Å². The van der Waals surface area contributed by atoms with Crippen molar-refractivity contribution in [1.29, 1.82) is 0 Å². The zero-order chi connectivity index (χ0) is 24.5. The van der Waals surface area contributed by atoms with E-state index >= 15 is 0 Å². The van der Waals surface area contributed by atoms with Gasteiger partial charge in [-0.05, 0) is 66.9 Å². The summed E-state index contributed by atoms with van der Waals surface area (Å²) in [6.07, 6.45) is 9.17. The molecular formula is C30H33NO5. The van der Waals surface area contributed by atoms with Crippen LogP contribution in [-0.2, 0) is 16.0 Å². The third-order valence-electron chi connectivity index (χ3n) is 7.70. The van der Waals surface area contributed by atoms with Crippen LogP contribution in [0.4, 0.5) is 0 Å². The SMILES string of the molecule is O=C1C=C2C[C@@H](c3ccc(OCCN4CCCCC4)cc3)OCC2=c2c(O)cc3c(c2C1)OCCC=3. The molecule has 3 aliphatic heterocycles. The van der Waals surface area contributed by atoms with Crippen LogP contribution in [-0.4, -0.2) is 55.2 Å². The summed E-state index contributed by atoms with van der Waals surface area (Å²) in [7, 11) is 0. The Morgan fingerprint density at radius 1 is 1.11 bits per heavy atom. The molecule has 4 aliphatic rings. The standard InChI is InChI=1S/C30H33NO5/c32-23-15-22-17-28(20-6-8-24(9-7-20)34-14-12-31-10-2-1-3-11-31)36-19-26(22)29-25(18-23)30-21(16-27(29)33)5-4-13-35-30/h5-9,15-16,28,33H,1-4,10-14,17-19H2/t28-/m0/s1. The highest BCUT2D eigenvalue weighted by atomic mass is 16.5. The molecule has 3 heterocycles. The summed E-state index contributed by atoms with van der Waals surface area (Å²) in [5.74, 6) is 1.81. The number of phenols is 1. The lowest BCUT2D eigenvalue weighted by molar-refractivity contribution is -0.114. The van der Waals surface area contributed by atoms with Gasteiger partial charge in [0.1, 0.15) is 23.9 Å². The Kier molecular flexibility index (Phi) is 6.55. The van der Waals surface area contributed by atoms with Crippen molar-refractivity contribution in [3.05, 3.63) is 63.5 Å². The van der Waals surface area contributed by atoms with Gasteiger partial charge in [-0.1, -0.05) is 24.6 Å². The summed E-state index contributed by atoms with van der Waals surface area (Å²) in [4.78, 5) is 15.4. The van der Waals surface area contributed by atoms with Crippen LogP contribution in [0.3, 0.4) is 0 Å². The van der Waals surface area contributed by atoms with Crippen LogP contribution in [0.15, 0.2) is 42.0 Å². The highest BCUT2D eigenvalue weighted by Crippen LogP contribution is 2.37. The van der Waals surface area contributed by atoms with Crippen LogP contribution in [0.2, 0.25) is 0 Å². The molecule has 6 heteroatoms. The Morgan fingerprint density at radius 2 is 1.94 bits per heavy atom. The van der Waals surface area contributed by atoms with E-state index in [1.165, 1.54) is 32.4 Å². The van der Waals surface area contributed by atoms with Crippen LogP contribution in [0.1, 0.15) is 49.3 Å². The molecule has 36 heavy (non-hydrogen) atoms. The van der Waals surface area contributed by atoms with Gasteiger partial charge in [0.25, 0.3) is 0 Å². The number of fused-ring (bicyclic) bond motifs is 4. The topological polar surface area (TPSA) is 68.2 Å². The second kappa shape index (κ2) is 10.1. The van der Waals surface area contributed by atoms with Crippen molar-refractivity contribution in [2.24, 2.45) is 0 Å². The number of hydrogen-bond donors (Lipinski definition) is 1. The molecule has 6 nitrogen and oxygen atoms in total. The van der Waals surface area contributed by atoms with Gasteiger partial charge in [0.2, 0.25) is 0 Å². The number of benzene rings is 2. The maximum atomic E-state index is 12.9. The summed E-state index contributed by atoms with van der Waals surface area (Å²) in [5, 5.41) is 12.5. The summed E-state index contributed by atoms with van der Waals surface area (Å²) in [6, 6.07) is 9.86. The Hall–Kier alpha value is -3.09. The van der Waals surface area contributed by atoms with E-state index in [9.17, 15) is 9.90 Å². The fourth-order valence-electron chi connectivity index (χ4n) is 5.86. The molecule has 2 aromatic carbocycles. The molecule has 0 radical (unpaired) electrons. The van der Waals surface area contributed by atoms with Crippen molar-refractivity contribution < 1.29 is 24.1 Å². The number of likely N-dealkylation sites (tertiary alicyclic amines) is 1. The number of allylic oxidation sites excluding steroid dienone is 1. The smallest absolute Gasteiger partial charge is 0.160 e. The minimum atomic E-state index is -0.152. The predicted octanol–water partition coefficient (Wildman–Crippen LogP) is 3.18. The molecule has 1 aliphatic carbocycles. The van der Waals surface area contributed by atoms with Crippen LogP contribution < -0.4 is 19.9 Å². The predicted molar refractivity (Wildman–Crippen MR) is 138 cm³/mol. The Labute approximate surface area is 211 Å². The summed E-state index contributed by atoms with van der Waals surface area (Å²) >= 11 is 0. The van der Waals surface area contributed by atoms with Crippen LogP contribution in [0, 0.1) is 0 Å². The third-order valence-corrected chi connectivity index (χ3v) is 7.70. The van der Waals surface area contributed by atoms with Gasteiger partial charge in [0, 0.05) is 41.8 Å². The maximum absolute atomic E-state index is 12.9. The van der Waals surface area contributed by atoms with Crippen LogP contribution in [0.25, 0.3) is 11.6 Å². The van der Waals surface area contributed by atoms with Gasteiger partial charge < -0.3 is 19.3 Å². The van der Waals surface area contributed by atoms with E-state index in [1.54, 1.807) is 12.1 Å². The van der Waals surface area contributed by atoms with E-state index in [4.69, 9.17) is 14.2 Å². The molecule has 188 valence electrons. The number of nitrogens with zero attached hydrogens (tertiary/aromatic N) is 1. The molecule has 0 spiro atoms. The molecule has 2 saturated heterocycles. The zero-order valence-electron chi connectivity index (χ0n) is 20.6. The van der Waals surface area contributed by atoms with Gasteiger partial charge in [-0.3, -0.25) is 9.69 Å². The first kappa shape index (κ1) is 23.3.